The highest BCUT2D eigenvalue weighted by atomic mass is 16.6. The molecule has 62 heavy (non-hydrogen) atoms. The fourth-order valence-electron chi connectivity index (χ4n) is 7.93. The summed E-state index contributed by atoms with van der Waals surface area (Å²) in [4.78, 5) is 54.1. The first-order valence-electron chi connectivity index (χ1n) is 25.0. The molecule has 0 aliphatic carbocycles. The quantitative estimate of drug-likeness (QED) is 0.0367. The molecule has 0 fully saturated rings. The van der Waals surface area contributed by atoms with Crippen molar-refractivity contribution in [2.24, 2.45) is 0 Å². The molecule has 0 atom stereocenters. The molecule has 1 aromatic carbocycles. The van der Waals surface area contributed by atoms with Crippen LogP contribution >= 0.6 is 0 Å². The number of carbonyl (C=O) groups excluding carboxylic acids is 4. The maximum Gasteiger partial charge on any atom is 0.306 e. The maximum atomic E-state index is 13.5. The summed E-state index contributed by atoms with van der Waals surface area (Å²) in [5, 5.41) is 0.934. The number of ether oxygens (including phenoxy) is 4. The van der Waals surface area contributed by atoms with Gasteiger partial charge in [-0.3, -0.25) is 23.7 Å². The van der Waals surface area contributed by atoms with Crippen molar-refractivity contribution in [2.45, 2.75) is 219 Å². The van der Waals surface area contributed by atoms with Gasteiger partial charge in [0.05, 0.1) is 19.0 Å². The van der Waals surface area contributed by atoms with Crippen molar-refractivity contribution in [1.29, 1.82) is 0 Å². The van der Waals surface area contributed by atoms with Crippen LogP contribution in [0.4, 0.5) is 0 Å². The van der Waals surface area contributed by atoms with Crippen LogP contribution in [-0.4, -0.2) is 80.3 Å². The molecule has 0 bridgehead atoms. The van der Waals surface area contributed by atoms with Crippen molar-refractivity contribution in [1.82, 2.24) is 9.47 Å². The Balaban J connectivity index is 1.81. The Morgan fingerprint density at radius 2 is 1.00 bits per heavy atom. The van der Waals surface area contributed by atoms with Gasteiger partial charge in [0, 0.05) is 37.4 Å². The molecule has 0 aliphatic heterocycles. The first kappa shape index (κ1) is 54.7. The van der Waals surface area contributed by atoms with Crippen molar-refractivity contribution in [3.8, 4) is 5.75 Å². The van der Waals surface area contributed by atoms with Crippen molar-refractivity contribution in [3.63, 3.8) is 0 Å². The molecule has 0 saturated heterocycles. The maximum absolute atomic E-state index is 13.5. The van der Waals surface area contributed by atoms with E-state index in [1.165, 1.54) is 128 Å². The number of unbranched alkanes of at least 4 members (excludes halogenated alkanes) is 24. The number of hydrogen-bond acceptors (Lipinski definition) is 9. The number of methoxy groups -OCH3 is 1. The van der Waals surface area contributed by atoms with Gasteiger partial charge in [0.2, 0.25) is 5.91 Å². The molecule has 1 aromatic heterocycles. The average Bonchev–Trinajstić information content (AvgIpc) is 3.63. The van der Waals surface area contributed by atoms with Gasteiger partial charge in [-0.05, 0) is 57.1 Å². The predicted molar refractivity (Wildman–Crippen MR) is 253 cm³/mol. The molecule has 0 N–H and O–H groups in total. The van der Waals surface area contributed by atoms with Gasteiger partial charge in [0.15, 0.2) is 6.10 Å². The number of esters is 3. The van der Waals surface area contributed by atoms with E-state index in [9.17, 15) is 19.2 Å². The van der Waals surface area contributed by atoms with Crippen molar-refractivity contribution in [2.75, 3.05) is 41.0 Å². The van der Waals surface area contributed by atoms with Crippen LogP contribution in [0.25, 0.3) is 10.9 Å². The molecule has 0 amide bonds. The number of aromatic nitrogens is 1. The molecule has 0 unspecified atom stereocenters. The van der Waals surface area contributed by atoms with Crippen LogP contribution in [0.15, 0.2) is 24.4 Å². The van der Waals surface area contributed by atoms with Crippen LogP contribution in [-0.2, 0) is 35.0 Å². The third kappa shape index (κ3) is 26.3. The first-order chi connectivity index (χ1) is 30.2. The van der Waals surface area contributed by atoms with Crippen LogP contribution in [0.1, 0.15) is 217 Å². The minimum atomic E-state index is -0.957. The Bertz CT molecular complexity index is 1440. The minimum Gasteiger partial charge on any atom is -0.497 e. The van der Waals surface area contributed by atoms with E-state index in [2.05, 4.69) is 18.7 Å². The highest BCUT2D eigenvalue weighted by Gasteiger charge is 2.22. The average molecular weight is 869 g/mol. The number of benzene rings is 1. The summed E-state index contributed by atoms with van der Waals surface area (Å²) in [6.07, 6.45) is 33.7. The van der Waals surface area contributed by atoms with E-state index in [1.54, 1.807) is 11.7 Å². The summed E-state index contributed by atoms with van der Waals surface area (Å²) < 4.78 is 23.8. The Morgan fingerprint density at radius 3 is 1.42 bits per heavy atom. The zero-order valence-electron chi connectivity index (χ0n) is 40.1. The second kappa shape index (κ2) is 36.0. The van der Waals surface area contributed by atoms with Crippen molar-refractivity contribution < 1.29 is 38.1 Å². The number of carbonyl (C=O) groups is 4. The fraction of sp³-hybridized carbons (Fsp3) is 0.769. The molecule has 10 heteroatoms. The van der Waals surface area contributed by atoms with Crippen LogP contribution in [0.5, 0.6) is 5.75 Å². The van der Waals surface area contributed by atoms with Gasteiger partial charge in [0.25, 0.3) is 0 Å². The van der Waals surface area contributed by atoms with Gasteiger partial charge in [-0.1, -0.05) is 168 Å². The molecule has 0 aliphatic rings. The molecule has 1 heterocycles. The van der Waals surface area contributed by atoms with Gasteiger partial charge in [-0.15, -0.1) is 0 Å². The van der Waals surface area contributed by atoms with E-state index in [0.717, 1.165) is 68.0 Å². The standard InChI is InChI=1S/C52H88N2O8/c1-6-8-10-12-14-16-18-20-22-24-26-28-30-32-50(56)60-42-46(43-61-51(57)33-31-29-27-25-23-21-19-17-15-13-11-9-7-2)62-52(58)37-36-49(55)54-41-44(38-39-53(3)4)47-40-45(59-5)34-35-48(47)54/h34-35,40-41,46H,6-33,36-39,42-43H2,1-5H3. The lowest BCUT2D eigenvalue weighted by Gasteiger charge is -2.18. The van der Waals surface area contributed by atoms with E-state index in [0.29, 0.717) is 18.6 Å². The summed E-state index contributed by atoms with van der Waals surface area (Å²) >= 11 is 0. The lowest BCUT2D eigenvalue weighted by atomic mass is 10.0. The Kier molecular flexibility index (Phi) is 31.8. The number of nitrogens with zero attached hydrogens (tertiary/aromatic N) is 2. The first-order valence-corrected chi connectivity index (χ1v) is 25.0. The smallest absolute Gasteiger partial charge is 0.306 e. The van der Waals surface area contributed by atoms with Crippen LogP contribution in [0.2, 0.25) is 0 Å². The summed E-state index contributed by atoms with van der Waals surface area (Å²) in [5.74, 6) is -0.862. The Hall–Kier alpha value is -3.40. The molecule has 0 radical (unpaired) electrons. The van der Waals surface area contributed by atoms with Crippen molar-refractivity contribution in [3.05, 3.63) is 30.0 Å². The summed E-state index contributed by atoms with van der Waals surface area (Å²) in [7, 11) is 5.63. The lowest BCUT2D eigenvalue weighted by Crippen LogP contribution is -2.31. The normalized spacial score (nSPS) is 11.5. The van der Waals surface area contributed by atoms with Crippen LogP contribution in [0, 0.1) is 0 Å². The molecule has 10 nitrogen and oxygen atoms in total. The Labute approximate surface area is 376 Å². The highest BCUT2D eigenvalue weighted by molar-refractivity contribution is 5.96. The zero-order chi connectivity index (χ0) is 45.0. The lowest BCUT2D eigenvalue weighted by molar-refractivity contribution is -0.166. The van der Waals surface area contributed by atoms with E-state index < -0.39 is 12.1 Å². The fourth-order valence-corrected chi connectivity index (χ4v) is 7.93. The van der Waals surface area contributed by atoms with Gasteiger partial charge in [-0.2, -0.15) is 0 Å². The van der Waals surface area contributed by atoms with Crippen molar-refractivity contribution >= 4 is 34.7 Å². The molecular weight excluding hydrogens is 781 g/mol. The van der Waals surface area contributed by atoms with Gasteiger partial charge in [-0.25, -0.2) is 0 Å². The largest absolute Gasteiger partial charge is 0.497 e. The summed E-state index contributed by atoms with van der Waals surface area (Å²) in [5.41, 5.74) is 1.77. The van der Waals surface area contributed by atoms with E-state index in [4.69, 9.17) is 18.9 Å². The predicted octanol–water partition coefficient (Wildman–Crippen LogP) is 13.1. The molecule has 354 valence electrons. The molecule has 0 saturated carbocycles. The monoisotopic (exact) mass is 869 g/mol. The topological polar surface area (TPSA) is 113 Å². The van der Waals surface area contributed by atoms with Gasteiger partial charge in [0.1, 0.15) is 19.0 Å². The molecule has 0 spiro atoms. The molecular formula is C52H88N2O8. The third-order valence-corrected chi connectivity index (χ3v) is 11.9. The van der Waals surface area contributed by atoms with E-state index in [1.807, 2.05) is 38.5 Å². The molecule has 2 rings (SSSR count). The number of likely N-dealkylation sites (N-methyl/N-ethyl adjacent to an activating group) is 1. The SMILES string of the molecule is CCCCCCCCCCCCCCCC(=O)OCC(COC(=O)CCCCCCCCCCCCCCC)OC(=O)CCC(=O)n1cc(CCN(C)C)c2cc(OC)ccc21. The summed E-state index contributed by atoms with van der Waals surface area (Å²) in [6, 6.07) is 5.61. The van der Waals surface area contributed by atoms with E-state index in [-0.39, 0.29) is 43.9 Å². The minimum absolute atomic E-state index is 0.0772. The van der Waals surface area contributed by atoms with Crippen LogP contribution < -0.4 is 4.74 Å². The van der Waals surface area contributed by atoms with Crippen LogP contribution in [0.3, 0.4) is 0 Å². The highest BCUT2D eigenvalue weighted by Crippen LogP contribution is 2.27. The summed E-state index contributed by atoms with van der Waals surface area (Å²) in [6.45, 7) is 4.90. The number of fused-ring (bicyclic) bond motifs is 1. The number of hydrogen-bond donors (Lipinski definition) is 0. The molecule has 2 aromatic rings. The Morgan fingerprint density at radius 1 is 0.565 bits per heavy atom. The van der Waals surface area contributed by atoms with Gasteiger partial charge < -0.3 is 23.8 Å². The number of rotatable bonds is 40. The van der Waals surface area contributed by atoms with E-state index >= 15 is 0 Å². The second-order valence-electron chi connectivity index (χ2n) is 17.8. The second-order valence-corrected chi connectivity index (χ2v) is 17.8. The van der Waals surface area contributed by atoms with Gasteiger partial charge >= 0.3 is 17.9 Å². The zero-order valence-corrected chi connectivity index (χ0v) is 40.1. The third-order valence-electron chi connectivity index (χ3n) is 11.9.